The highest BCUT2D eigenvalue weighted by molar-refractivity contribution is 7.68. The van der Waals surface area contributed by atoms with E-state index in [1.807, 2.05) is 0 Å². The molecule has 0 radical (unpaired) electrons. The van der Waals surface area contributed by atoms with Crippen LogP contribution in [0, 0.1) is 10.1 Å². The molecule has 0 fully saturated rings. The average Bonchev–Trinajstić information content (AvgIpc) is 2.36. The van der Waals surface area contributed by atoms with Gasteiger partial charge in [0.1, 0.15) is 10.6 Å². The molecule has 102 valence electrons. The maximum absolute atomic E-state index is 12.0. The number of Topliss-reactive ketones (excluding diaryl/α,β-unsaturated/α-hetero) is 1. The molecule has 0 amide bonds. The number of phenols is 1. The monoisotopic (exact) mass is 283 g/mol. The zero-order chi connectivity index (χ0) is 14.6. The van der Waals surface area contributed by atoms with E-state index in [1.165, 1.54) is 38.1 Å². The second kappa shape index (κ2) is 5.75. The third-order valence-electron chi connectivity index (χ3n) is 2.57. The molecule has 0 atom stereocenters. The Balaban J connectivity index is 3.00. The second-order valence-corrected chi connectivity index (χ2v) is 5.29. The number of hydrogen-bond donors (Lipinski definition) is 1. The SMILES string of the molecule is CC(C)(CC(=S=O)C(=O)c1ccc(O)cc1)[N+](=O)[O-]. The Morgan fingerprint density at radius 2 is 1.89 bits per heavy atom. The van der Waals surface area contributed by atoms with Gasteiger partial charge in [-0.1, -0.05) is 0 Å². The highest BCUT2D eigenvalue weighted by Gasteiger charge is 2.34. The lowest BCUT2D eigenvalue weighted by Crippen LogP contribution is -2.35. The molecule has 1 N–H and O–H groups in total. The molecule has 0 aliphatic carbocycles. The molecule has 0 aromatic heterocycles. The lowest BCUT2D eigenvalue weighted by molar-refractivity contribution is -0.558. The van der Waals surface area contributed by atoms with Crippen LogP contribution < -0.4 is 0 Å². The third-order valence-corrected chi connectivity index (χ3v) is 3.10. The predicted octanol–water partition coefficient (Wildman–Crippen LogP) is 1.41. The number of hydrogen-bond acceptors (Lipinski definition) is 5. The van der Waals surface area contributed by atoms with Crippen molar-refractivity contribution < 1.29 is 19.0 Å². The first-order chi connectivity index (χ1) is 8.77. The summed E-state index contributed by atoms with van der Waals surface area (Å²) in [7, 11) is 0. The van der Waals surface area contributed by atoms with Crippen molar-refractivity contribution in [3.63, 3.8) is 0 Å². The number of carbonyl (C=O) groups is 1. The van der Waals surface area contributed by atoms with Crippen molar-refractivity contribution in [2.24, 2.45) is 0 Å². The zero-order valence-corrected chi connectivity index (χ0v) is 11.3. The lowest BCUT2D eigenvalue weighted by atomic mass is 9.95. The van der Waals surface area contributed by atoms with Gasteiger partial charge in [0.25, 0.3) is 0 Å². The fourth-order valence-corrected chi connectivity index (χ4v) is 1.98. The summed E-state index contributed by atoms with van der Waals surface area (Å²) >= 11 is -0.0285. The summed E-state index contributed by atoms with van der Waals surface area (Å²) in [6.07, 6.45) is -0.228. The molecular formula is C12H13NO5S. The van der Waals surface area contributed by atoms with Gasteiger partial charge < -0.3 is 5.11 Å². The fraction of sp³-hybridized carbons (Fsp3) is 0.333. The Kier molecular flexibility index (Phi) is 4.55. The molecule has 6 nitrogen and oxygen atoms in total. The Hall–Kier alpha value is -2.02. The number of phenolic OH excluding ortho intramolecular Hbond substituents is 1. The Bertz CT molecular complexity index is 558. The predicted molar refractivity (Wildman–Crippen MR) is 71.3 cm³/mol. The summed E-state index contributed by atoms with van der Waals surface area (Å²) in [5.41, 5.74) is -1.16. The van der Waals surface area contributed by atoms with Crippen molar-refractivity contribution in [3.8, 4) is 5.75 Å². The van der Waals surface area contributed by atoms with Crippen molar-refractivity contribution in [2.75, 3.05) is 0 Å². The van der Waals surface area contributed by atoms with Crippen molar-refractivity contribution in [2.45, 2.75) is 25.8 Å². The van der Waals surface area contributed by atoms with E-state index in [2.05, 4.69) is 0 Å². The number of nitro groups is 1. The Morgan fingerprint density at radius 3 is 2.32 bits per heavy atom. The van der Waals surface area contributed by atoms with E-state index in [1.54, 1.807) is 0 Å². The summed E-state index contributed by atoms with van der Waals surface area (Å²) < 4.78 is 11.0. The third kappa shape index (κ3) is 3.72. The van der Waals surface area contributed by atoms with Crippen molar-refractivity contribution >= 4 is 21.9 Å². The van der Waals surface area contributed by atoms with Crippen molar-refractivity contribution in [1.29, 1.82) is 0 Å². The van der Waals surface area contributed by atoms with Crippen LogP contribution >= 0.6 is 0 Å². The summed E-state index contributed by atoms with van der Waals surface area (Å²) in [6, 6.07) is 5.37. The van der Waals surface area contributed by atoms with Crippen LogP contribution in [0.3, 0.4) is 0 Å². The maximum atomic E-state index is 12.0. The minimum absolute atomic E-state index is 0.00139. The minimum atomic E-state index is -1.38. The van der Waals surface area contributed by atoms with E-state index in [-0.39, 0.29) is 33.9 Å². The summed E-state index contributed by atoms with van der Waals surface area (Å²) in [6.45, 7) is 2.71. The van der Waals surface area contributed by atoms with Gasteiger partial charge in [0.05, 0.1) is 17.7 Å². The molecule has 0 aliphatic heterocycles. The number of aromatic hydroxyl groups is 1. The van der Waals surface area contributed by atoms with Gasteiger partial charge in [0, 0.05) is 24.3 Å². The molecule has 1 aromatic carbocycles. The first-order valence-corrected chi connectivity index (χ1v) is 6.16. The molecule has 0 bridgehead atoms. The molecule has 0 aliphatic rings. The van der Waals surface area contributed by atoms with Gasteiger partial charge >= 0.3 is 0 Å². The van der Waals surface area contributed by atoms with Crippen LogP contribution in [-0.4, -0.2) is 30.4 Å². The van der Waals surface area contributed by atoms with E-state index in [0.29, 0.717) is 0 Å². The van der Waals surface area contributed by atoms with Crippen LogP contribution in [0.2, 0.25) is 0 Å². The number of benzene rings is 1. The van der Waals surface area contributed by atoms with E-state index >= 15 is 0 Å². The largest absolute Gasteiger partial charge is 0.508 e. The van der Waals surface area contributed by atoms with Crippen LogP contribution in [0.1, 0.15) is 30.6 Å². The standard InChI is InChI=1S/C12H13NO5S/c1-12(2,13(16)17)7-10(19-18)11(15)8-3-5-9(14)6-4-8/h3-6,14H,7H2,1-2H3. The average molecular weight is 283 g/mol. The van der Waals surface area contributed by atoms with Gasteiger partial charge in [-0.3, -0.25) is 14.9 Å². The summed E-state index contributed by atoms with van der Waals surface area (Å²) in [4.78, 5) is 22.2. The number of rotatable bonds is 5. The number of nitrogens with zero attached hydrogens (tertiary/aromatic N) is 1. The highest BCUT2D eigenvalue weighted by Crippen LogP contribution is 2.17. The summed E-state index contributed by atoms with van der Waals surface area (Å²) in [5.74, 6) is -0.548. The Morgan fingerprint density at radius 1 is 1.37 bits per heavy atom. The number of carbonyl (C=O) groups excluding carboxylic acids is 1. The molecule has 0 saturated heterocycles. The number of ketones is 1. The molecule has 1 aromatic rings. The molecule has 19 heavy (non-hydrogen) atoms. The smallest absolute Gasteiger partial charge is 0.221 e. The normalized spacial score (nSPS) is 10.8. The quantitative estimate of drug-likeness (QED) is 0.381. The van der Waals surface area contributed by atoms with Gasteiger partial charge in [-0.05, 0) is 24.3 Å². The van der Waals surface area contributed by atoms with Crippen molar-refractivity contribution in [1.82, 2.24) is 0 Å². The topological polar surface area (TPSA) is 97.5 Å². The first-order valence-electron chi connectivity index (χ1n) is 5.42. The van der Waals surface area contributed by atoms with Crippen LogP contribution in [0.15, 0.2) is 24.3 Å². The van der Waals surface area contributed by atoms with Crippen LogP contribution in [0.4, 0.5) is 0 Å². The van der Waals surface area contributed by atoms with Crippen molar-refractivity contribution in [3.05, 3.63) is 39.9 Å². The van der Waals surface area contributed by atoms with E-state index in [9.17, 15) is 19.1 Å². The molecule has 0 spiro atoms. The van der Waals surface area contributed by atoms with Gasteiger partial charge in [-0.25, -0.2) is 4.21 Å². The van der Waals surface area contributed by atoms with Crippen LogP contribution in [0.25, 0.3) is 0 Å². The van der Waals surface area contributed by atoms with Crippen LogP contribution in [0.5, 0.6) is 5.75 Å². The molecule has 1 rings (SSSR count). The van der Waals surface area contributed by atoms with Crippen LogP contribution in [-0.2, 0) is 11.3 Å². The zero-order valence-electron chi connectivity index (χ0n) is 10.5. The lowest BCUT2D eigenvalue weighted by Gasteiger charge is -2.15. The molecular weight excluding hydrogens is 270 g/mol. The van der Waals surface area contributed by atoms with E-state index in [0.717, 1.165) is 0 Å². The molecule has 0 unspecified atom stereocenters. The van der Waals surface area contributed by atoms with E-state index in [4.69, 9.17) is 5.11 Å². The van der Waals surface area contributed by atoms with E-state index < -0.39 is 16.2 Å². The van der Waals surface area contributed by atoms with Gasteiger partial charge in [-0.15, -0.1) is 0 Å². The highest BCUT2D eigenvalue weighted by atomic mass is 32.1. The summed E-state index contributed by atoms with van der Waals surface area (Å²) in [5, 5.41) is 19.9. The fourth-order valence-electron chi connectivity index (χ4n) is 1.38. The molecule has 0 saturated carbocycles. The first kappa shape index (κ1) is 15.0. The Labute approximate surface area is 113 Å². The van der Waals surface area contributed by atoms with Gasteiger partial charge in [0.15, 0.2) is 0 Å². The minimum Gasteiger partial charge on any atom is -0.508 e. The van der Waals surface area contributed by atoms with Gasteiger partial charge in [0.2, 0.25) is 11.3 Å². The molecule has 7 heteroatoms. The maximum Gasteiger partial charge on any atom is 0.221 e. The molecule has 0 heterocycles. The second-order valence-electron chi connectivity index (χ2n) is 4.63. The van der Waals surface area contributed by atoms with Gasteiger partial charge in [-0.2, -0.15) is 0 Å².